The van der Waals surface area contributed by atoms with E-state index < -0.39 is 0 Å². The van der Waals surface area contributed by atoms with Gasteiger partial charge < -0.3 is 0 Å². The van der Waals surface area contributed by atoms with Crippen LogP contribution in [-0.4, -0.2) is 14.6 Å². The van der Waals surface area contributed by atoms with E-state index in [0.717, 1.165) is 17.8 Å². The van der Waals surface area contributed by atoms with Gasteiger partial charge in [0.15, 0.2) is 0 Å². The molecule has 2 heterocycles. The fourth-order valence-corrected chi connectivity index (χ4v) is 3.52. The van der Waals surface area contributed by atoms with Gasteiger partial charge in [0.25, 0.3) is 0 Å². The van der Waals surface area contributed by atoms with Crippen LogP contribution in [0.4, 0.5) is 0 Å². The van der Waals surface area contributed by atoms with Crippen LogP contribution in [-0.2, 0) is 12.8 Å². The van der Waals surface area contributed by atoms with Crippen molar-refractivity contribution in [3.8, 4) is 0 Å². The van der Waals surface area contributed by atoms with Crippen molar-refractivity contribution in [1.82, 2.24) is 14.6 Å². The van der Waals surface area contributed by atoms with Crippen LogP contribution in [0.25, 0.3) is 4.96 Å². The van der Waals surface area contributed by atoms with Gasteiger partial charge in [-0.25, -0.2) is 9.50 Å². The summed E-state index contributed by atoms with van der Waals surface area (Å²) in [5.74, 6) is 1.75. The van der Waals surface area contributed by atoms with Crippen molar-refractivity contribution in [2.45, 2.75) is 60.3 Å². The van der Waals surface area contributed by atoms with Crippen molar-refractivity contribution in [2.75, 3.05) is 0 Å². The zero-order chi connectivity index (χ0) is 14.2. The van der Waals surface area contributed by atoms with Gasteiger partial charge in [0.05, 0.1) is 11.4 Å². The quantitative estimate of drug-likeness (QED) is 0.816. The molecule has 2 aromatic heterocycles. The molecule has 0 aliphatic rings. The summed E-state index contributed by atoms with van der Waals surface area (Å²) in [7, 11) is 0. The van der Waals surface area contributed by atoms with Crippen LogP contribution >= 0.6 is 11.3 Å². The van der Waals surface area contributed by atoms with Crippen molar-refractivity contribution in [3.63, 3.8) is 0 Å². The van der Waals surface area contributed by atoms with E-state index in [1.165, 1.54) is 16.4 Å². The van der Waals surface area contributed by atoms with Crippen molar-refractivity contribution < 1.29 is 0 Å². The summed E-state index contributed by atoms with van der Waals surface area (Å²) >= 11 is 1.75. The summed E-state index contributed by atoms with van der Waals surface area (Å²) in [4.78, 5) is 5.89. The zero-order valence-corrected chi connectivity index (χ0v) is 13.7. The number of imidazole rings is 1. The molecule has 0 saturated heterocycles. The molecule has 0 spiro atoms. The lowest BCUT2D eigenvalue weighted by Crippen LogP contribution is -2.04. The largest absolute Gasteiger partial charge is 0.222 e. The summed E-state index contributed by atoms with van der Waals surface area (Å²) in [5.41, 5.74) is 2.54. The maximum atomic E-state index is 4.82. The lowest BCUT2D eigenvalue weighted by atomic mass is 10.0. The Kier molecular flexibility index (Phi) is 4.29. The lowest BCUT2D eigenvalue weighted by Gasteiger charge is -2.08. The van der Waals surface area contributed by atoms with Gasteiger partial charge in [-0.15, -0.1) is 0 Å². The lowest BCUT2D eigenvalue weighted by molar-refractivity contribution is 0.616. The number of fused-ring (bicyclic) bond motifs is 1. The summed E-state index contributed by atoms with van der Waals surface area (Å²) in [6.45, 7) is 13.4. The highest BCUT2D eigenvalue weighted by molar-refractivity contribution is 7.16. The molecule has 0 N–H and O–H groups in total. The third-order valence-corrected chi connectivity index (χ3v) is 4.02. The fourth-order valence-electron chi connectivity index (χ4n) is 2.39. The molecule has 0 aliphatic heterocycles. The average Bonchev–Trinajstić information content (AvgIpc) is 2.70. The average molecular weight is 279 g/mol. The maximum absolute atomic E-state index is 4.82. The molecule has 2 rings (SSSR count). The number of aromatic nitrogens is 3. The highest BCUT2D eigenvalue weighted by Gasteiger charge is 2.19. The van der Waals surface area contributed by atoms with E-state index in [4.69, 9.17) is 10.1 Å². The molecule has 2 aromatic rings. The Bertz CT molecular complexity index is 549. The van der Waals surface area contributed by atoms with Crippen molar-refractivity contribution in [2.24, 2.45) is 11.8 Å². The Morgan fingerprint density at radius 2 is 1.63 bits per heavy atom. The first-order valence-electron chi connectivity index (χ1n) is 7.25. The molecule has 0 fully saturated rings. The van der Waals surface area contributed by atoms with Gasteiger partial charge in [-0.3, -0.25) is 0 Å². The molecule has 4 heteroatoms. The van der Waals surface area contributed by atoms with Crippen LogP contribution in [0.15, 0.2) is 0 Å². The highest BCUT2D eigenvalue weighted by Crippen LogP contribution is 2.27. The van der Waals surface area contributed by atoms with Gasteiger partial charge in [-0.05, 0) is 24.2 Å². The van der Waals surface area contributed by atoms with Gasteiger partial charge in [-0.1, -0.05) is 52.9 Å². The Hall–Kier alpha value is -0.900. The second kappa shape index (κ2) is 5.61. The Labute approximate surface area is 120 Å². The van der Waals surface area contributed by atoms with Gasteiger partial charge in [0.1, 0.15) is 5.01 Å². The predicted molar refractivity (Wildman–Crippen MR) is 82.0 cm³/mol. The SMILES string of the molecule is CC(C)Cc1nn2c(C(C)C)c(CC(C)C)nc2s1. The number of rotatable bonds is 5. The molecular formula is C15H25N3S. The molecular weight excluding hydrogens is 254 g/mol. The molecule has 0 atom stereocenters. The first-order chi connectivity index (χ1) is 8.88. The van der Waals surface area contributed by atoms with Gasteiger partial charge >= 0.3 is 0 Å². The topological polar surface area (TPSA) is 30.2 Å². The highest BCUT2D eigenvalue weighted by atomic mass is 32.1. The Morgan fingerprint density at radius 1 is 1.00 bits per heavy atom. The standard InChI is InChI=1S/C15H25N3S/c1-9(2)7-12-14(11(5)6)18-15(16-12)19-13(17-18)8-10(3)4/h9-11H,7-8H2,1-6H3. The van der Waals surface area contributed by atoms with Crippen LogP contribution in [0.3, 0.4) is 0 Å². The third kappa shape index (κ3) is 3.16. The normalized spacial score (nSPS) is 12.5. The van der Waals surface area contributed by atoms with Crippen LogP contribution in [0.2, 0.25) is 0 Å². The van der Waals surface area contributed by atoms with Gasteiger partial charge in [0, 0.05) is 6.42 Å². The van der Waals surface area contributed by atoms with E-state index in [0.29, 0.717) is 17.8 Å². The number of nitrogens with zero attached hydrogens (tertiary/aromatic N) is 3. The second-order valence-corrected chi connectivity index (χ2v) is 7.53. The summed E-state index contributed by atoms with van der Waals surface area (Å²) in [5, 5.41) is 5.98. The molecule has 0 aromatic carbocycles. The van der Waals surface area contributed by atoms with Crippen LogP contribution in [0.5, 0.6) is 0 Å². The van der Waals surface area contributed by atoms with E-state index in [1.54, 1.807) is 11.3 Å². The molecule has 19 heavy (non-hydrogen) atoms. The summed E-state index contributed by atoms with van der Waals surface area (Å²) < 4.78 is 2.09. The maximum Gasteiger partial charge on any atom is 0.212 e. The summed E-state index contributed by atoms with van der Waals surface area (Å²) in [6, 6.07) is 0. The van der Waals surface area contributed by atoms with Crippen molar-refractivity contribution >= 4 is 16.3 Å². The Morgan fingerprint density at radius 3 is 2.16 bits per heavy atom. The monoisotopic (exact) mass is 279 g/mol. The number of hydrogen-bond acceptors (Lipinski definition) is 3. The van der Waals surface area contributed by atoms with E-state index in [2.05, 4.69) is 46.1 Å². The van der Waals surface area contributed by atoms with E-state index in [9.17, 15) is 0 Å². The second-order valence-electron chi connectivity index (χ2n) is 6.48. The number of hydrogen-bond donors (Lipinski definition) is 0. The van der Waals surface area contributed by atoms with E-state index >= 15 is 0 Å². The molecule has 106 valence electrons. The fraction of sp³-hybridized carbons (Fsp3) is 0.733. The van der Waals surface area contributed by atoms with Crippen LogP contribution < -0.4 is 0 Å². The Balaban J connectivity index is 2.43. The predicted octanol–water partition coefficient (Wildman–Crippen LogP) is 4.31. The summed E-state index contributed by atoms with van der Waals surface area (Å²) in [6.07, 6.45) is 2.09. The minimum Gasteiger partial charge on any atom is -0.222 e. The molecule has 0 bridgehead atoms. The molecule has 0 radical (unpaired) electrons. The molecule has 0 unspecified atom stereocenters. The van der Waals surface area contributed by atoms with Crippen molar-refractivity contribution in [1.29, 1.82) is 0 Å². The third-order valence-electron chi connectivity index (χ3n) is 3.09. The minimum absolute atomic E-state index is 0.470. The molecule has 3 nitrogen and oxygen atoms in total. The first kappa shape index (κ1) is 14.5. The van der Waals surface area contributed by atoms with Crippen LogP contribution in [0.1, 0.15) is 63.9 Å². The molecule has 0 aliphatic carbocycles. The minimum atomic E-state index is 0.470. The van der Waals surface area contributed by atoms with Gasteiger partial charge in [0.2, 0.25) is 4.96 Å². The van der Waals surface area contributed by atoms with E-state index in [1.807, 2.05) is 0 Å². The van der Waals surface area contributed by atoms with Gasteiger partial charge in [-0.2, -0.15) is 5.10 Å². The van der Waals surface area contributed by atoms with Crippen molar-refractivity contribution in [3.05, 3.63) is 16.4 Å². The van der Waals surface area contributed by atoms with Crippen LogP contribution in [0, 0.1) is 11.8 Å². The first-order valence-corrected chi connectivity index (χ1v) is 8.07. The molecule has 0 amide bonds. The van der Waals surface area contributed by atoms with E-state index in [-0.39, 0.29) is 0 Å². The smallest absolute Gasteiger partial charge is 0.212 e. The molecule has 0 saturated carbocycles. The zero-order valence-electron chi connectivity index (χ0n) is 12.9.